The molecule has 34 nitrogen and oxygen atoms in total. The van der Waals surface area contributed by atoms with E-state index in [0.717, 1.165) is 27.3 Å². The summed E-state index contributed by atoms with van der Waals surface area (Å²) in [6, 6.07) is 15.9. The van der Waals surface area contributed by atoms with E-state index in [1.165, 1.54) is 70.2 Å². The monoisotopic (exact) mass is 1500 g/mol. The summed E-state index contributed by atoms with van der Waals surface area (Å²) in [5.74, 6) is -5.75. The average molecular weight is 1500 g/mol. The summed E-state index contributed by atoms with van der Waals surface area (Å²) in [6.07, 6.45) is 5.92. The molecule has 4 atom stereocenters. The highest BCUT2D eigenvalue weighted by Gasteiger charge is 2.46. The Hall–Kier alpha value is -12.6. The van der Waals surface area contributed by atoms with Crippen LogP contribution < -0.4 is 51.6 Å². The molecule has 1 fully saturated rings. The van der Waals surface area contributed by atoms with E-state index in [9.17, 15) is 67.4 Å². The minimum atomic E-state index is -1.63. The van der Waals surface area contributed by atoms with E-state index in [0.29, 0.717) is 33.6 Å². The Labute approximate surface area is 625 Å². The van der Waals surface area contributed by atoms with Crippen LogP contribution in [-0.2, 0) is 75.5 Å². The van der Waals surface area contributed by atoms with Crippen LogP contribution in [0, 0.1) is 5.92 Å². The lowest BCUT2D eigenvalue weighted by Gasteiger charge is -2.31. The van der Waals surface area contributed by atoms with Crippen molar-refractivity contribution in [1.29, 1.82) is 0 Å². The molecular weight excluding hydrogens is 1410 g/mol. The minimum absolute atomic E-state index is 0.0108. The number of imidazole rings is 1. The third-order valence-electron chi connectivity index (χ3n) is 18.1. The maximum absolute atomic E-state index is 14.3. The van der Waals surface area contributed by atoms with Crippen LogP contribution in [0.5, 0.6) is 11.5 Å². The molecular formula is C75H85N15O19. The van der Waals surface area contributed by atoms with Crippen LogP contribution in [0.3, 0.4) is 0 Å². The van der Waals surface area contributed by atoms with E-state index >= 15 is 0 Å². The van der Waals surface area contributed by atoms with Crippen molar-refractivity contribution in [2.24, 2.45) is 27.1 Å². The van der Waals surface area contributed by atoms with E-state index in [4.69, 9.17) is 23.7 Å². The molecule has 574 valence electrons. The number of methoxy groups -OCH3 is 1. The number of carbonyl (C=O) groups excluding carboxylic acids is 13. The number of aryl methyl sites for hydroxylation is 3. The van der Waals surface area contributed by atoms with Crippen molar-refractivity contribution in [3.8, 4) is 11.5 Å². The van der Waals surface area contributed by atoms with Gasteiger partial charge in [-0.2, -0.15) is 0 Å². The average Bonchev–Trinajstić information content (AvgIpc) is 1.52. The Bertz CT molecular complexity index is 4740. The first-order valence-corrected chi connectivity index (χ1v) is 34.9. The number of aliphatic hydroxyl groups excluding tert-OH is 1. The summed E-state index contributed by atoms with van der Waals surface area (Å²) in [6.45, 7) is 10.8. The van der Waals surface area contributed by atoms with Gasteiger partial charge in [-0.25, -0.2) is 14.7 Å². The number of aromatic nitrogens is 5. The van der Waals surface area contributed by atoms with Crippen molar-refractivity contribution in [3.63, 3.8) is 0 Å². The minimum Gasteiger partial charge on any atom is -0.493 e. The number of carbonyl (C=O) groups is 13. The fourth-order valence-electron chi connectivity index (χ4n) is 12.3. The maximum Gasteiger partial charge on any atom is 0.416 e. The number of fused-ring (bicyclic) bond motifs is 3. The van der Waals surface area contributed by atoms with Gasteiger partial charge in [-0.05, 0) is 92.8 Å². The largest absolute Gasteiger partial charge is 0.493 e. The highest BCUT2D eigenvalue weighted by molar-refractivity contribution is 6.13. The maximum atomic E-state index is 14.3. The summed E-state index contributed by atoms with van der Waals surface area (Å²) >= 11 is 0. The summed E-state index contributed by atoms with van der Waals surface area (Å²) < 4.78 is 34.5. The van der Waals surface area contributed by atoms with Crippen molar-refractivity contribution in [3.05, 3.63) is 156 Å². The van der Waals surface area contributed by atoms with Gasteiger partial charge in [0.1, 0.15) is 30.1 Å². The zero-order valence-electron chi connectivity index (χ0n) is 61.3. The number of ether oxygens (including phenoxy) is 5. The summed E-state index contributed by atoms with van der Waals surface area (Å²) in [5, 5.41) is 31.6. The Morgan fingerprint density at radius 1 is 0.679 bits per heavy atom. The third-order valence-corrected chi connectivity index (χ3v) is 18.1. The number of ketones is 1. The number of aliphatic hydroxyl groups is 1. The molecule has 0 saturated carbocycles. The standard InChI is InChI=1S/C75H85N15O19/c1-42(2)66(83-63(94)22-27-106-29-30-107-28-23-76-61(92)21-25-88-64(95)18-19-65(88)96)70(99)77-44(4)68(97)78-49-15-12-46(13-16-49)41-109-75(104)90-54-36-59(58(105-9)35-52(54)72(101)89-37-43(3)31-57(89)74(90)103)108-26-10-11-62(93)81-60-40-86(8)67(82-60)71(100)80-50-33-55(84(6)38-50)69(98)79-51-34-56(85(7)39-51)73(102)87-24-20-48-32-47(45(5)91)14-17-53(48)87/h12-20,24,32-36,38-40,42,44,57,66,74,103H,3,10-11,21-23,25-31,37,41H2,1-2,4-9H3,(H,76,92)(H,77,99)(H,78,97)(H,79,98)(H,80,100)(H,81,93)(H,83,94)/t44-,57-,66-,74?/m0/s1. The van der Waals surface area contributed by atoms with Crippen LogP contribution in [0.2, 0.25) is 0 Å². The number of benzene rings is 3. The number of imide groups is 1. The molecule has 1 saturated heterocycles. The van der Waals surface area contributed by atoms with Gasteiger partial charge in [0, 0.05) is 120 Å². The Morgan fingerprint density at radius 2 is 1.37 bits per heavy atom. The predicted molar refractivity (Wildman–Crippen MR) is 394 cm³/mol. The molecule has 8 N–H and O–H groups in total. The van der Waals surface area contributed by atoms with Gasteiger partial charge < -0.3 is 84.6 Å². The zero-order valence-corrected chi connectivity index (χ0v) is 61.3. The molecule has 3 aromatic carbocycles. The Kier molecular flexibility index (Phi) is 25.5. The molecule has 10 rings (SSSR count). The lowest BCUT2D eigenvalue weighted by Crippen LogP contribution is -2.53. The highest BCUT2D eigenvalue weighted by Crippen LogP contribution is 2.42. The summed E-state index contributed by atoms with van der Waals surface area (Å²) in [5.41, 5.74) is 3.57. The molecule has 0 bridgehead atoms. The fourth-order valence-corrected chi connectivity index (χ4v) is 12.3. The molecule has 109 heavy (non-hydrogen) atoms. The van der Waals surface area contributed by atoms with Crippen LogP contribution in [0.25, 0.3) is 10.9 Å². The van der Waals surface area contributed by atoms with E-state index in [-0.39, 0.29) is 166 Å². The molecule has 0 radical (unpaired) electrons. The van der Waals surface area contributed by atoms with E-state index in [1.54, 1.807) is 107 Å². The number of rotatable bonds is 33. The number of nitrogens with one attached hydrogen (secondary N) is 7. The first kappa shape index (κ1) is 79.0. The van der Waals surface area contributed by atoms with Gasteiger partial charge >= 0.3 is 6.09 Å². The van der Waals surface area contributed by atoms with Gasteiger partial charge in [0.15, 0.2) is 29.3 Å². The molecule has 0 spiro atoms. The zero-order chi connectivity index (χ0) is 78.5. The Balaban J connectivity index is 0.664. The second kappa shape index (κ2) is 35.2. The van der Waals surface area contributed by atoms with Crippen molar-refractivity contribution >= 4 is 116 Å². The second-order valence-electron chi connectivity index (χ2n) is 26.5. The van der Waals surface area contributed by atoms with Gasteiger partial charge in [0.2, 0.25) is 35.4 Å². The molecule has 11 amide bonds. The van der Waals surface area contributed by atoms with Gasteiger partial charge in [-0.15, -0.1) is 0 Å². The smallest absolute Gasteiger partial charge is 0.416 e. The first-order chi connectivity index (χ1) is 52.0. The van der Waals surface area contributed by atoms with Crippen LogP contribution >= 0.6 is 0 Å². The van der Waals surface area contributed by atoms with Crippen molar-refractivity contribution in [1.82, 2.24) is 49.0 Å². The highest BCUT2D eigenvalue weighted by atomic mass is 16.6. The number of Topliss-reactive ketones (excluding diaryl/α,β-unsaturated/α-hetero) is 1. The predicted octanol–water partition coefficient (Wildman–Crippen LogP) is 4.94. The lowest BCUT2D eigenvalue weighted by atomic mass is 10.0. The van der Waals surface area contributed by atoms with Crippen LogP contribution in [-0.4, -0.2) is 199 Å². The number of hydrogen-bond donors (Lipinski definition) is 8. The third kappa shape index (κ3) is 19.4. The SMILES string of the molecule is C=C1C[C@H]2C(O)N(C(=O)OCc3ccc(NC(=O)[C@H](C)NC(=O)[C@@H](NC(=O)CCOCCOCCNC(=O)CCN4C(=O)C=CC4=O)C(C)C)cc3)c3cc(OCCCC(=O)Nc4cn(C)c(C(=O)Nc5cc(C(=O)Nc6cc(C(=O)n7ccc8cc(C(C)=O)ccc87)n(C)c6)n(C)c5)n4)c(OC)cc3C(=O)N2C1. The topological polar surface area (TPSA) is 415 Å². The second-order valence-corrected chi connectivity index (χ2v) is 26.5. The first-order valence-electron chi connectivity index (χ1n) is 34.9. The molecule has 3 aliphatic heterocycles. The summed E-state index contributed by atoms with van der Waals surface area (Å²) in [4.78, 5) is 177. The molecule has 7 heterocycles. The number of nitrogens with zero attached hydrogens (tertiary/aromatic N) is 8. The molecule has 3 aliphatic rings. The van der Waals surface area contributed by atoms with Crippen molar-refractivity contribution in [2.45, 2.75) is 90.8 Å². The van der Waals surface area contributed by atoms with Crippen LogP contribution in [0.15, 0.2) is 122 Å². The van der Waals surface area contributed by atoms with Crippen LogP contribution in [0.4, 0.5) is 33.4 Å². The van der Waals surface area contributed by atoms with Crippen molar-refractivity contribution in [2.75, 3.05) is 85.9 Å². The van der Waals surface area contributed by atoms with E-state index < -0.39 is 83.6 Å². The van der Waals surface area contributed by atoms with Gasteiger partial charge in [0.05, 0.1) is 74.3 Å². The molecule has 0 aliphatic carbocycles. The lowest BCUT2D eigenvalue weighted by molar-refractivity contribution is -0.137. The molecule has 4 aromatic heterocycles. The number of amides is 11. The number of hydrogen-bond acceptors (Lipinski definition) is 20. The summed E-state index contributed by atoms with van der Waals surface area (Å²) in [7, 11) is 6.20. The van der Waals surface area contributed by atoms with Crippen molar-refractivity contribution < 1.29 is 91.1 Å². The van der Waals surface area contributed by atoms with E-state index in [1.807, 2.05) is 0 Å². The van der Waals surface area contributed by atoms with Gasteiger partial charge in [-0.3, -0.25) is 67.0 Å². The number of anilines is 5. The van der Waals surface area contributed by atoms with Crippen LogP contribution in [0.1, 0.15) is 118 Å². The molecule has 34 heteroatoms. The quantitative estimate of drug-likeness (QED) is 0.0117. The normalized spacial score (nSPS) is 15.1. The van der Waals surface area contributed by atoms with Gasteiger partial charge in [-0.1, -0.05) is 38.1 Å². The molecule has 1 unspecified atom stereocenters. The molecule has 7 aromatic rings. The van der Waals surface area contributed by atoms with Gasteiger partial charge in [0.25, 0.3) is 35.4 Å². The fraction of sp³-hybridized carbons (Fsp3) is 0.360. The Morgan fingerprint density at radius 3 is 2.06 bits per heavy atom. The van der Waals surface area contributed by atoms with E-state index in [2.05, 4.69) is 48.8 Å².